The molecule has 6 heteroatoms. The first-order chi connectivity index (χ1) is 10.1. The Hall–Kier alpha value is -2.47. The molecule has 0 atom stereocenters. The maximum atomic E-state index is 10.7. The average Bonchev–Trinajstić information content (AvgIpc) is 2.96. The van der Waals surface area contributed by atoms with Gasteiger partial charge in [0.1, 0.15) is 5.76 Å². The highest BCUT2D eigenvalue weighted by molar-refractivity contribution is 5.84. The van der Waals surface area contributed by atoms with Gasteiger partial charge in [0.25, 0.3) is 0 Å². The Kier molecular flexibility index (Phi) is 4.84. The van der Waals surface area contributed by atoms with Gasteiger partial charge in [0.15, 0.2) is 11.5 Å². The molecule has 0 fully saturated rings. The number of carboxylic acid groups (broad SMARTS) is 1. The van der Waals surface area contributed by atoms with Gasteiger partial charge in [0, 0.05) is 6.54 Å². The monoisotopic (exact) mass is 291 g/mol. The molecule has 0 aliphatic heterocycles. The lowest BCUT2D eigenvalue weighted by Gasteiger charge is -2.09. The molecule has 2 N–H and O–H groups in total. The Balaban J connectivity index is 1.92. The van der Waals surface area contributed by atoms with E-state index in [1.165, 1.54) is 6.07 Å². The lowest BCUT2D eigenvalue weighted by atomic mass is 10.2. The van der Waals surface area contributed by atoms with Gasteiger partial charge in [-0.25, -0.2) is 4.79 Å². The largest absolute Gasteiger partial charge is 0.493 e. The van der Waals surface area contributed by atoms with E-state index in [2.05, 4.69) is 5.32 Å². The summed E-state index contributed by atoms with van der Waals surface area (Å²) in [4.78, 5) is 10.7. The third-order valence-electron chi connectivity index (χ3n) is 2.95. The first kappa shape index (κ1) is 14.9. The molecule has 0 saturated heterocycles. The molecule has 2 aromatic rings. The van der Waals surface area contributed by atoms with Crippen LogP contribution in [0, 0.1) is 0 Å². The zero-order valence-corrected chi connectivity index (χ0v) is 11.9. The molecular weight excluding hydrogens is 274 g/mol. The SMILES string of the molecule is COc1ccc(CNCc2ccc(C(=O)O)o2)cc1OC. The second-order valence-electron chi connectivity index (χ2n) is 4.36. The van der Waals surface area contributed by atoms with Crippen molar-refractivity contribution in [3.8, 4) is 11.5 Å². The highest BCUT2D eigenvalue weighted by Crippen LogP contribution is 2.27. The first-order valence-corrected chi connectivity index (χ1v) is 6.37. The van der Waals surface area contributed by atoms with Crippen molar-refractivity contribution in [2.75, 3.05) is 14.2 Å². The van der Waals surface area contributed by atoms with E-state index in [-0.39, 0.29) is 5.76 Å². The van der Waals surface area contributed by atoms with Crippen LogP contribution in [0.25, 0.3) is 0 Å². The highest BCUT2D eigenvalue weighted by atomic mass is 16.5. The summed E-state index contributed by atoms with van der Waals surface area (Å²) < 4.78 is 15.6. The molecule has 0 aliphatic rings. The fourth-order valence-corrected chi connectivity index (χ4v) is 1.91. The van der Waals surface area contributed by atoms with Gasteiger partial charge in [-0.3, -0.25) is 0 Å². The standard InChI is InChI=1S/C15H17NO5/c1-19-12-5-3-10(7-14(12)20-2)8-16-9-11-4-6-13(21-11)15(17)18/h3-7,16H,8-9H2,1-2H3,(H,17,18). The summed E-state index contributed by atoms with van der Waals surface area (Å²) >= 11 is 0. The van der Waals surface area contributed by atoms with Crippen molar-refractivity contribution in [2.45, 2.75) is 13.1 Å². The van der Waals surface area contributed by atoms with Crippen LogP contribution in [0.3, 0.4) is 0 Å². The van der Waals surface area contributed by atoms with E-state index in [0.29, 0.717) is 30.3 Å². The molecule has 0 saturated carbocycles. The minimum absolute atomic E-state index is 0.0575. The molecule has 1 aromatic carbocycles. The van der Waals surface area contributed by atoms with Gasteiger partial charge in [-0.2, -0.15) is 0 Å². The summed E-state index contributed by atoms with van der Waals surface area (Å²) in [7, 11) is 3.18. The number of rotatable bonds is 7. The topological polar surface area (TPSA) is 80.9 Å². The quantitative estimate of drug-likeness (QED) is 0.814. The molecule has 0 radical (unpaired) electrons. The predicted molar refractivity (Wildman–Crippen MR) is 75.8 cm³/mol. The zero-order valence-electron chi connectivity index (χ0n) is 11.9. The number of hydrogen-bond donors (Lipinski definition) is 2. The summed E-state index contributed by atoms with van der Waals surface area (Å²) in [5, 5.41) is 11.9. The second-order valence-corrected chi connectivity index (χ2v) is 4.36. The van der Waals surface area contributed by atoms with E-state index in [0.717, 1.165) is 5.56 Å². The van der Waals surface area contributed by atoms with Crippen molar-refractivity contribution in [3.63, 3.8) is 0 Å². The van der Waals surface area contributed by atoms with Gasteiger partial charge in [0.05, 0.1) is 20.8 Å². The van der Waals surface area contributed by atoms with Crippen LogP contribution in [0.4, 0.5) is 0 Å². The van der Waals surface area contributed by atoms with Crippen molar-refractivity contribution < 1.29 is 23.8 Å². The van der Waals surface area contributed by atoms with Crippen LogP contribution in [0.1, 0.15) is 21.9 Å². The van der Waals surface area contributed by atoms with Crippen LogP contribution in [0.5, 0.6) is 11.5 Å². The smallest absolute Gasteiger partial charge is 0.371 e. The Morgan fingerprint density at radius 3 is 2.52 bits per heavy atom. The van der Waals surface area contributed by atoms with E-state index in [4.69, 9.17) is 19.0 Å². The number of hydrogen-bond acceptors (Lipinski definition) is 5. The summed E-state index contributed by atoms with van der Waals surface area (Å²) in [6.45, 7) is 1.05. The van der Waals surface area contributed by atoms with E-state index in [1.54, 1.807) is 20.3 Å². The fourth-order valence-electron chi connectivity index (χ4n) is 1.91. The molecule has 0 unspecified atom stereocenters. The van der Waals surface area contributed by atoms with Crippen LogP contribution in [0.2, 0.25) is 0 Å². The highest BCUT2D eigenvalue weighted by Gasteiger charge is 2.09. The zero-order chi connectivity index (χ0) is 15.2. The lowest BCUT2D eigenvalue weighted by Crippen LogP contribution is -2.12. The molecule has 1 aromatic heterocycles. The molecule has 6 nitrogen and oxygen atoms in total. The molecule has 21 heavy (non-hydrogen) atoms. The molecule has 0 amide bonds. The van der Waals surface area contributed by atoms with Gasteiger partial charge in [-0.05, 0) is 29.8 Å². The Bertz CT molecular complexity index is 620. The van der Waals surface area contributed by atoms with E-state index in [1.807, 2.05) is 18.2 Å². The number of benzene rings is 1. The third-order valence-corrected chi connectivity index (χ3v) is 2.95. The number of nitrogens with one attached hydrogen (secondary N) is 1. The summed E-state index contributed by atoms with van der Waals surface area (Å²) in [5.41, 5.74) is 1.03. The van der Waals surface area contributed by atoms with Gasteiger partial charge >= 0.3 is 5.97 Å². The predicted octanol–water partition coefficient (Wildman–Crippen LogP) is 2.28. The number of ether oxygens (including phenoxy) is 2. The minimum Gasteiger partial charge on any atom is -0.493 e. The Morgan fingerprint density at radius 2 is 1.90 bits per heavy atom. The van der Waals surface area contributed by atoms with Crippen molar-refractivity contribution in [2.24, 2.45) is 0 Å². The number of furan rings is 1. The number of carboxylic acids is 1. The fraction of sp³-hybridized carbons (Fsp3) is 0.267. The molecule has 1 heterocycles. The number of aromatic carboxylic acids is 1. The van der Waals surface area contributed by atoms with Gasteiger partial charge in [-0.1, -0.05) is 6.07 Å². The van der Waals surface area contributed by atoms with Gasteiger partial charge in [-0.15, -0.1) is 0 Å². The molecular formula is C15H17NO5. The molecule has 0 bridgehead atoms. The van der Waals surface area contributed by atoms with E-state index < -0.39 is 5.97 Å². The van der Waals surface area contributed by atoms with Crippen molar-refractivity contribution in [3.05, 3.63) is 47.4 Å². The summed E-state index contributed by atoms with van der Waals surface area (Å²) in [5.74, 6) is 0.799. The summed E-state index contributed by atoms with van der Waals surface area (Å²) in [6.07, 6.45) is 0. The van der Waals surface area contributed by atoms with Crippen molar-refractivity contribution in [1.29, 1.82) is 0 Å². The van der Waals surface area contributed by atoms with Gasteiger partial charge in [0.2, 0.25) is 5.76 Å². The molecule has 0 aliphatic carbocycles. The molecule has 2 rings (SSSR count). The van der Waals surface area contributed by atoms with Crippen LogP contribution in [-0.2, 0) is 13.1 Å². The van der Waals surface area contributed by atoms with E-state index >= 15 is 0 Å². The Morgan fingerprint density at radius 1 is 1.14 bits per heavy atom. The van der Waals surface area contributed by atoms with Crippen LogP contribution in [-0.4, -0.2) is 25.3 Å². The molecule has 112 valence electrons. The maximum absolute atomic E-state index is 10.7. The maximum Gasteiger partial charge on any atom is 0.371 e. The average molecular weight is 291 g/mol. The second kappa shape index (κ2) is 6.81. The Labute approximate surface area is 122 Å². The first-order valence-electron chi connectivity index (χ1n) is 6.37. The van der Waals surface area contributed by atoms with Crippen LogP contribution in [0.15, 0.2) is 34.7 Å². The minimum atomic E-state index is -1.07. The third kappa shape index (κ3) is 3.76. The van der Waals surface area contributed by atoms with Crippen LogP contribution >= 0.6 is 0 Å². The van der Waals surface area contributed by atoms with Crippen molar-refractivity contribution >= 4 is 5.97 Å². The number of carbonyl (C=O) groups is 1. The normalized spacial score (nSPS) is 10.4. The van der Waals surface area contributed by atoms with Crippen molar-refractivity contribution in [1.82, 2.24) is 5.32 Å². The van der Waals surface area contributed by atoms with E-state index in [9.17, 15) is 4.79 Å². The molecule has 0 spiro atoms. The lowest BCUT2D eigenvalue weighted by molar-refractivity contribution is 0.0660. The number of methoxy groups -OCH3 is 2. The van der Waals surface area contributed by atoms with Crippen LogP contribution < -0.4 is 14.8 Å². The summed E-state index contributed by atoms with van der Waals surface area (Å²) in [6, 6.07) is 8.74. The van der Waals surface area contributed by atoms with Gasteiger partial charge < -0.3 is 24.3 Å².